The second kappa shape index (κ2) is 4.36. The van der Waals surface area contributed by atoms with Crippen LogP contribution in [-0.2, 0) is 0 Å². The zero-order chi connectivity index (χ0) is 8.97. The minimum absolute atomic E-state index is 0.350. The molecule has 1 aromatic rings. The maximum absolute atomic E-state index is 5.76. The van der Waals surface area contributed by atoms with Gasteiger partial charge in [-0.15, -0.1) is 11.6 Å². The van der Waals surface area contributed by atoms with Gasteiger partial charge in [0.05, 0.1) is 7.11 Å². The number of para-hydroxylation sites is 1. The Kier molecular flexibility index (Phi) is 3.42. The average molecular weight is 185 g/mol. The van der Waals surface area contributed by atoms with Crippen molar-refractivity contribution < 1.29 is 4.74 Å². The fraction of sp³-hybridized carbons (Fsp3) is 0.400. The van der Waals surface area contributed by atoms with Crippen molar-refractivity contribution in [3.05, 3.63) is 29.8 Å². The van der Waals surface area contributed by atoms with Gasteiger partial charge in [-0.1, -0.05) is 25.1 Å². The van der Waals surface area contributed by atoms with E-state index in [0.717, 1.165) is 5.75 Å². The first kappa shape index (κ1) is 9.40. The van der Waals surface area contributed by atoms with E-state index in [0.29, 0.717) is 11.8 Å². The number of hydrogen-bond donors (Lipinski definition) is 0. The topological polar surface area (TPSA) is 9.23 Å². The zero-order valence-corrected chi connectivity index (χ0v) is 8.14. The number of rotatable bonds is 3. The lowest BCUT2D eigenvalue weighted by molar-refractivity contribution is 0.407. The molecule has 1 atom stereocenters. The first-order valence-corrected chi connectivity index (χ1v) is 4.52. The summed E-state index contributed by atoms with van der Waals surface area (Å²) in [6, 6.07) is 7.97. The van der Waals surface area contributed by atoms with Gasteiger partial charge in [0.1, 0.15) is 5.75 Å². The highest BCUT2D eigenvalue weighted by Gasteiger charge is 2.08. The van der Waals surface area contributed by atoms with Gasteiger partial charge in [-0.2, -0.15) is 0 Å². The predicted molar refractivity (Wildman–Crippen MR) is 52.1 cm³/mol. The molecule has 0 saturated heterocycles. The molecule has 0 fully saturated rings. The molecule has 0 aliphatic heterocycles. The van der Waals surface area contributed by atoms with E-state index < -0.39 is 0 Å². The van der Waals surface area contributed by atoms with Crippen LogP contribution in [0.2, 0.25) is 0 Å². The maximum Gasteiger partial charge on any atom is 0.122 e. The Hall–Kier alpha value is -0.690. The van der Waals surface area contributed by atoms with Crippen LogP contribution in [0.25, 0.3) is 0 Å². The molecule has 2 heteroatoms. The Labute approximate surface area is 78.3 Å². The summed E-state index contributed by atoms with van der Waals surface area (Å²) in [7, 11) is 1.68. The summed E-state index contributed by atoms with van der Waals surface area (Å²) in [6.45, 7) is 2.09. The van der Waals surface area contributed by atoms with Crippen LogP contribution in [0.4, 0.5) is 0 Å². The monoisotopic (exact) mass is 184 g/mol. The van der Waals surface area contributed by atoms with Crippen LogP contribution in [0, 0.1) is 0 Å². The Bertz CT molecular complexity index is 247. The normalized spacial score (nSPS) is 12.6. The Balaban J connectivity index is 2.96. The molecule has 0 bridgehead atoms. The third-order valence-corrected chi connectivity index (χ3v) is 2.36. The van der Waals surface area contributed by atoms with E-state index in [4.69, 9.17) is 16.3 Å². The van der Waals surface area contributed by atoms with Crippen molar-refractivity contribution in [2.24, 2.45) is 0 Å². The lowest BCUT2D eigenvalue weighted by atomic mass is 10.0. The van der Waals surface area contributed by atoms with Crippen LogP contribution >= 0.6 is 11.6 Å². The van der Waals surface area contributed by atoms with E-state index >= 15 is 0 Å². The van der Waals surface area contributed by atoms with Crippen molar-refractivity contribution >= 4 is 11.6 Å². The van der Waals surface area contributed by atoms with Gasteiger partial charge >= 0.3 is 0 Å². The van der Waals surface area contributed by atoms with Gasteiger partial charge in [0.15, 0.2) is 0 Å². The Morgan fingerprint density at radius 2 is 2.08 bits per heavy atom. The zero-order valence-electron chi connectivity index (χ0n) is 7.38. The fourth-order valence-electron chi connectivity index (χ4n) is 1.16. The molecular weight excluding hydrogens is 172 g/mol. The Morgan fingerprint density at radius 1 is 1.42 bits per heavy atom. The van der Waals surface area contributed by atoms with Crippen molar-refractivity contribution in [1.82, 2.24) is 0 Å². The van der Waals surface area contributed by atoms with E-state index in [1.54, 1.807) is 7.11 Å². The molecule has 1 aromatic carbocycles. The van der Waals surface area contributed by atoms with E-state index in [1.165, 1.54) is 5.56 Å². The van der Waals surface area contributed by atoms with Crippen LogP contribution < -0.4 is 4.74 Å². The number of halogens is 1. The van der Waals surface area contributed by atoms with Gasteiger partial charge in [-0.3, -0.25) is 0 Å². The predicted octanol–water partition coefficient (Wildman–Crippen LogP) is 3.04. The second-order valence-corrected chi connectivity index (χ2v) is 3.11. The summed E-state index contributed by atoms with van der Waals surface area (Å²) >= 11 is 5.76. The van der Waals surface area contributed by atoms with Crippen LogP contribution in [0.15, 0.2) is 24.3 Å². The fourth-order valence-corrected chi connectivity index (χ4v) is 1.32. The quantitative estimate of drug-likeness (QED) is 0.657. The van der Waals surface area contributed by atoms with Crippen LogP contribution in [-0.4, -0.2) is 13.0 Å². The molecule has 0 aliphatic carbocycles. The third-order valence-electron chi connectivity index (χ3n) is 1.90. The molecule has 0 aromatic heterocycles. The molecule has 0 saturated carbocycles. The van der Waals surface area contributed by atoms with Crippen LogP contribution in [0.1, 0.15) is 18.4 Å². The molecule has 12 heavy (non-hydrogen) atoms. The molecule has 1 unspecified atom stereocenters. The second-order valence-electron chi connectivity index (χ2n) is 2.80. The van der Waals surface area contributed by atoms with Crippen molar-refractivity contribution in [1.29, 1.82) is 0 Å². The van der Waals surface area contributed by atoms with Gasteiger partial charge in [-0.25, -0.2) is 0 Å². The SMILES string of the molecule is COc1ccccc1C(C)CCl. The van der Waals surface area contributed by atoms with Gasteiger partial charge in [0, 0.05) is 5.88 Å². The first-order valence-electron chi connectivity index (χ1n) is 3.98. The van der Waals surface area contributed by atoms with Crippen molar-refractivity contribution in [3.8, 4) is 5.75 Å². The molecule has 0 N–H and O–H groups in total. The summed E-state index contributed by atoms with van der Waals surface area (Å²) in [5.74, 6) is 1.90. The van der Waals surface area contributed by atoms with Gasteiger partial charge in [-0.05, 0) is 17.5 Å². The lowest BCUT2D eigenvalue weighted by Crippen LogP contribution is -1.98. The minimum Gasteiger partial charge on any atom is -0.496 e. The molecule has 1 nitrogen and oxygen atoms in total. The smallest absolute Gasteiger partial charge is 0.122 e. The van der Waals surface area contributed by atoms with E-state index in [-0.39, 0.29) is 0 Å². The van der Waals surface area contributed by atoms with Crippen molar-refractivity contribution in [2.45, 2.75) is 12.8 Å². The summed E-state index contributed by atoms with van der Waals surface area (Å²) in [6.07, 6.45) is 0. The highest BCUT2D eigenvalue weighted by Crippen LogP contribution is 2.26. The Morgan fingerprint density at radius 3 is 2.67 bits per heavy atom. The van der Waals surface area contributed by atoms with Crippen molar-refractivity contribution in [2.75, 3.05) is 13.0 Å². The number of methoxy groups -OCH3 is 1. The summed E-state index contributed by atoms with van der Waals surface area (Å²) in [5.41, 5.74) is 1.18. The summed E-state index contributed by atoms with van der Waals surface area (Å²) in [5, 5.41) is 0. The number of benzene rings is 1. The molecule has 0 radical (unpaired) electrons. The van der Waals surface area contributed by atoms with E-state index in [1.807, 2.05) is 24.3 Å². The summed E-state index contributed by atoms with van der Waals surface area (Å²) < 4.78 is 5.21. The highest BCUT2D eigenvalue weighted by molar-refractivity contribution is 6.18. The first-order chi connectivity index (χ1) is 5.79. The molecule has 0 spiro atoms. The van der Waals surface area contributed by atoms with Crippen LogP contribution in [0.3, 0.4) is 0 Å². The van der Waals surface area contributed by atoms with Gasteiger partial charge in [0.2, 0.25) is 0 Å². The van der Waals surface area contributed by atoms with E-state index in [2.05, 4.69) is 6.92 Å². The largest absolute Gasteiger partial charge is 0.496 e. The van der Waals surface area contributed by atoms with E-state index in [9.17, 15) is 0 Å². The third kappa shape index (κ3) is 1.92. The number of alkyl halides is 1. The molecular formula is C10H13ClO. The van der Waals surface area contributed by atoms with Gasteiger partial charge in [0.25, 0.3) is 0 Å². The standard InChI is InChI=1S/C10H13ClO/c1-8(7-11)9-5-3-4-6-10(9)12-2/h3-6,8H,7H2,1-2H3. The highest BCUT2D eigenvalue weighted by atomic mass is 35.5. The van der Waals surface area contributed by atoms with Crippen molar-refractivity contribution in [3.63, 3.8) is 0 Å². The number of hydrogen-bond acceptors (Lipinski definition) is 1. The maximum atomic E-state index is 5.76. The minimum atomic E-state index is 0.350. The lowest BCUT2D eigenvalue weighted by Gasteiger charge is -2.12. The van der Waals surface area contributed by atoms with Gasteiger partial charge < -0.3 is 4.74 Å². The average Bonchev–Trinajstić information content (AvgIpc) is 2.16. The molecule has 66 valence electrons. The summed E-state index contributed by atoms with van der Waals surface area (Å²) in [4.78, 5) is 0. The molecule has 0 heterocycles. The molecule has 0 amide bonds. The number of ether oxygens (including phenoxy) is 1. The van der Waals surface area contributed by atoms with Crippen LogP contribution in [0.5, 0.6) is 5.75 Å². The molecule has 0 aliphatic rings. The molecule has 1 rings (SSSR count).